The molecule has 0 aromatic heterocycles. The maximum atomic E-state index is 12.2. The van der Waals surface area contributed by atoms with Crippen molar-refractivity contribution in [1.29, 1.82) is 0 Å². The molecular formula is C12H24N2O2. The molecule has 0 spiro atoms. The molecule has 1 aliphatic rings. The maximum absolute atomic E-state index is 12.2. The number of rotatable bonds is 7. The molecular weight excluding hydrogens is 204 g/mol. The predicted octanol–water partition coefficient (Wildman–Crippen LogP) is 0.997. The lowest BCUT2D eigenvalue weighted by Gasteiger charge is -2.30. The third-order valence-corrected chi connectivity index (χ3v) is 3.36. The van der Waals surface area contributed by atoms with Gasteiger partial charge in [-0.3, -0.25) is 4.79 Å². The second-order valence-corrected chi connectivity index (χ2v) is 4.50. The van der Waals surface area contributed by atoms with E-state index in [9.17, 15) is 4.79 Å². The van der Waals surface area contributed by atoms with Gasteiger partial charge in [-0.1, -0.05) is 13.8 Å². The summed E-state index contributed by atoms with van der Waals surface area (Å²) in [5, 5.41) is 0. The fourth-order valence-electron chi connectivity index (χ4n) is 2.10. The molecule has 1 saturated carbocycles. The number of carbonyl (C=O) groups excluding carboxylic acids is 1. The monoisotopic (exact) mass is 228 g/mol. The highest BCUT2D eigenvalue weighted by atomic mass is 16.5. The molecule has 1 fully saturated rings. The van der Waals surface area contributed by atoms with E-state index in [1.807, 2.05) is 4.90 Å². The van der Waals surface area contributed by atoms with Crippen molar-refractivity contribution in [2.75, 3.05) is 20.3 Å². The first-order chi connectivity index (χ1) is 7.65. The van der Waals surface area contributed by atoms with Crippen molar-refractivity contribution in [1.82, 2.24) is 4.90 Å². The smallest absolute Gasteiger partial charge is 0.227 e. The lowest BCUT2D eigenvalue weighted by molar-refractivity contribution is -0.136. The number of methoxy groups -OCH3 is 1. The minimum absolute atomic E-state index is 0.0671. The summed E-state index contributed by atoms with van der Waals surface area (Å²) in [5.74, 6) is 0.288. The minimum Gasteiger partial charge on any atom is -0.383 e. The van der Waals surface area contributed by atoms with E-state index >= 15 is 0 Å². The summed E-state index contributed by atoms with van der Waals surface area (Å²) in [6, 6.07) is 0.419. The van der Waals surface area contributed by atoms with Gasteiger partial charge in [0.1, 0.15) is 0 Å². The first-order valence-corrected chi connectivity index (χ1v) is 6.20. The SMILES string of the molecule is CCC(CC)N(CCOC)C(=O)C1CC1N. The van der Waals surface area contributed by atoms with Crippen LogP contribution in [0.25, 0.3) is 0 Å². The Bertz CT molecular complexity index is 229. The highest BCUT2D eigenvalue weighted by Crippen LogP contribution is 2.31. The topological polar surface area (TPSA) is 55.6 Å². The second-order valence-electron chi connectivity index (χ2n) is 4.50. The van der Waals surface area contributed by atoms with Crippen molar-refractivity contribution in [3.05, 3.63) is 0 Å². The van der Waals surface area contributed by atoms with E-state index in [0.717, 1.165) is 19.3 Å². The standard InChI is InChI=1S/C12H24N2O2/c1-4-9(5-2)14(6-7-16-3)12(15)10-8-11(10)13/h9-11H,4-8,13H2,1-3H3. The van der Waals surface area contributed by atoms with Gasteiger partial charge < -0.3 is 15.4 Å². The third-order valence-electron chi connectivity index (χ3n) is 3.36. The molecule has 2 unspecified atom stereocenters. The number of ether oxygens (including phenoxy) is 1. The van der Waals surface area contributed by atoms with E-state index in [4.69, 9.17) is 10.5 Å². The summed E-state index contributed by atoms with van der Waals surface area (Å²) in [4.78, 5) is 14.1. The Balaban J connectivity index is 2.58. The predicted molar refractivity (Wildman–Crippen MR) is 64.0 cm³/mol. The van der Waals surface area contributed by atoms with E-state index in [1.54, 1.807) is 7.11 Å². The molecule has 1 aliphatic carbocycles. The van der Waals surface area contributed by atoms with Gasteiger partial charge in [0, 0.05) is 25.7 Å². The summed E-state index contributed by atoms with van der Waals surface area (Å²) in [6.45, 7) is 5.53. The third kappa shape index (κ3) is 3.19. The normalized spacial score (nSPS) is 23.6. The van der Waals surface area contributed by atoms with Gasteiger partial charge in [-0.05, 0) is 19.3 Å². The number of hydrogen-bond acceptors (Lipinski definition) is 3. The molecule has 0 aliphatic heterocycles. The van der Waals surface area contributed by atoms with Crippen LogP contribution in [0.15, 0.2) is 0 Å². The van der Waals surface area contributed by atoms with Gasteiger partial charge in [-0.2, -0.15) is 0 Å². The van der Waals surface area contributed by atoms with Crippen molar-refractivity contribution in [3.63, 3.8) is 0 Å². The Kier molecular flexibility index (Phi) is 5.22. The maximum Gasteiger partial charge on any atom is 0.227 e. The minimum atomic E-state index is 0.0671. The molecule has 2 atom stereocenters. The molecule has 4 nitrogen and oxygen atoms in total. The quantitative estimate of drug-likeness (QED) is 0.707. The van der Waals surface area contributed by atoms with E-state index in [0.29, 0.717) is 19.2 Å². The van der Waals surface area contributed by atoms with E-state index in [-0.39, 0.29) is 17.9 Å². The zero-order valence-corrected chi connectivity index (χ0v) is 10.6. The van der Waals surface area contributed by atoms with Crippen LogP contribution < -0.4 is 5.73 Å². The number of nitrogens with two attached hydrogens (primary N) is 1. The first kappa shape index (κ1) is 13.5. The molecule has 94 valence electrons. The van der Waals surface area contributed by atoms with Crippen molar-refractivity contribution in [3.8, 4) is 0 Å². The van der Waals surface area contributed by atoms with Crippen LogP contribution in [0.5, 0.6) is 0 Å². The molecule has 0 bridgehead atoms. The largest absolute Gasteiger partial charge is 0.383 e. The van der Waals surface area contributed by atoms with Crippen LogP contribution in [0, 0.1) is 5.92 Å². The van der Waals surface area contributed by atoms with E-state index in [1.165, 1.54) is 0 Å². The van der Waals surface area contributed by atoms with Crippen molar-refractivity contribution >= 4 is 5.91 Å². The molecule has 1 amide bonds. The van der Waals surface area contributed by atoms with Crippen LogP contribution in [-0.2, 0) is 9.53 Å². The summed E-state index contributed by atoms with van der Waals surface area (Å²) in [7, 11) is 1.67. The summed E-state index contributed by atoms with van der Waals surface area (Å²) in [5.41, 5.74) is 5.74. The Labute approximate surface area is 98.1 Å². The molecule has 0 heterocycles. The highest BCUT2D eigenvalue weighted by molar-refractivity contribution is 5.82. The average Bonchev–Trinajstić information content (AvgIpc) is 3.01. The Hall–Kier alpha value is -0.610. The highest BCUT2D eigenvalue weighted by Gasteiger charge is 2.43. The number of hydrogen-bond donors (Lipinski definition) is 1. The van der Waals surface area contributed by atoms with Gasteiger partial charge in [-0.15, -0.1) is 0 Å². The van der Waals surface area contributed by atoms with Gasteiger partial charge >= 0.3 is 0 Å². The summed E-state index contributed by atoms with van der Waals surface area (Å²) < 4.78 is 5.06. The van der Waals surface area contributed by atoms with Gasteiger partial charge in [-0.25, -0.2) is 0 Å². The fraction of sp³-hybridized carbons (Fsp3) is 0.917. The second kappa shape index (κ2) is 6.21. The van der Waals surface area contributed by atoms with E-state index < -0.39 is 0 Å². The van der Waals surface area contributed by atoms with Gasteiger partial charge in [0.2, 0.25) is 5.91 Å². The lowest BCUT2D eigenvalue weighted by Crippen LogP contribution is -2.43. The van der Waals surface area contributed by atoms with Gasteiger partial charge in [0.05, 0.1) is 12.5 Å². The molecule has 4 heteroatoms. The molecule has 0 aromatic rings. The first-order valence-electron chi connectivity index (χ1n) is 6.20. The molecule has 0 radical (unpaired) electrons. The Morgan fingerprint density at radius 3 is 2.44 bits per heavy atom. The van der Waals surface area contributed by atoms with E-state index in [2.05, 4.69) is 13.8 Å². The van der Waals surface area contributed by atoms with Crippen LogP contribution >= 0.6 is 0 Å². The molecule has 2 N–H and O–H groups in total. The number of carbonyl (C=O) groups is 1. The number of amides is 1. The molecule has 16 heavy (non-hydrogen) atoms. The Morgan fingerprint density at radius 2 is 2.06 bits per heavy atom. The number of nitrogens with zero attached hydrogens (tertiary/aromatic N) is 1. The van der Waals surface area contributed by atoms with Crippen LogP contribution in [0.4, 0.5) is 0 Å². The van der Waals surface area contributed by atoms with Crippen molar-refractivity contribution in [2.24, 2.45) is 11.7 Å². The molecule has 0 saturated heterocycles. The van der Waals surface area contributed by atoms with Crippen LogP contribution in [-0.4, -0.2) is 43.2 Å². The average molecular weight is 228 g/mol. The molecule has 1 rings (SSSR count). The Morgan fingerprint density at radius 1 is 1.50 bits per heavy atom. The van der Waals surface area contributed by atoms with Crippen molar-refractivity contribution in [2.45, 2.75) is 45.2 Å². The van der Waals surface area contributed by atoms with Crippen LogP contribution in [0.1, 0.15) is 33.1 Å². The van der Waals surface area contributed by atoms with Crippen LogP contribution in [0.2, 0.25) is 0 Å². The summed E-state index contributed by atoms with van der Waals surface area (Å²) in [6.07, 6.45) is 2.84. The van der Waals surface area contributed by atoms with Gasteiger partial charge in [0.15, 0.2) is 0 Å². The summed E-state index contributed by atoms with van der Waals surface area (Å²) >= 11 is 0. The zero-order chi connectivity index (χ0) is 12.1. The zero-order valence-electron chi connectivity index (χ0n) is 10.6. The van der Waals surface area contributed by atoms with Crippen LogP contribution in [0.3, 0.4) is 0 Å². The van der Waals surface area contributed by atoms with Gasteiger partial charge in [0.25, 0.3) is 0 Å². The lowest BCUT2D eigenvalue weighted by atomic mass is 10.1. The fourth-order valence-corrected chi connectivity index (χ4v) is 2.10. The molecule has 0 aromatic carbocycles. The van der Waals surface area contributed by atoms with Crippen molar-refractivity contribution < 1.29 is 9.53 Å².